The molecule has 24 heavy (non-hydrogen) atoms. The lowest BCUT2D eigenvalue weighted by Crippen LogP contribution is -2.48. The molecule has 1 aliphatic rings. The topological polar surface area (TPSA) is 71.3 Å². The van der Waals surface area contributed by atoms with Crippen LogP contribution in [-0.4, -0.2) is 35.0 Å². The van der Waals surface area contributed by atoms with Gasteiger partial charge in [0.05, 0.1) is 0 Å². The molecule has 1 atom stereocenters. The van der Waals surface area contributed by atoms with Gasteiger partial charge in [-0.1, -0.05) is 12.1 Å². The summed E-state index contributed by atoms with van der Waals surface area (Å²) in [6, 6.07) is 11.9. The lowest BCUT2D eigenvalue weighted by molar-refractivity contribution is 0.0932. The molecular formula is C18H18N4O2. The minimum atomic E-state index is -0.0678. The number of hydrogen-bond donors (Lipinski definition) is 1. The number of para-hydroxylation sites is 2. The number of piperidine rings is 1. The number of carbonyl (C=O) groups is 1. The number of anilines is 1. The first-order chi connectivity index (χ1) is 11.8. The number of pyridine rings is 1. The predicted octanol–water partition coefficient (Wildman–Crippen LogP) is 2.62. The van der Waals surface area contributed by atoms with Gasteiger partial charge in [-0.3, -0.25) is 9.78 Å². The zero-order chi connectivity index (χ0) is 16.4. The van der Waals surface area contributed by atoms with Crippen molar-refractivity contribution in [2.45, 2.75) is 18.9 Å². The minimum Gasteiger partial charge on any atom is -0.423 e. The van der Waals surface area contributed by atoms with Crippen LogP contribution in [0.1, 0.15) is 23.2 Å². The van der Waals surface area contributed by atoms with E-state index >= 15 is 0 Å². The quantitative estimate of drug-likeness (QED) is 0.802. The first-order valence-electron chi connectivity index (χ1n) is 8.11. The third kappa shape index (κ3) is 2.95. The second-order valence-corrected chi connectivity index (χ2v) is 5.96. The lowest BCUT2D eigenvalue weighted by atomic mass is 10.1. The Hall–Kier alpha value is -2.89. The molecule has 1 unspecified atom stereocenters. The Balaban J connectivity index is 1.46. The summed E-state index contributed by atoms with van der Waals surface area (Å²) in [7, 11) is 0. The fourth-order valence-corrected chi connectivity index (χ4v) is 3.04. The van der Waals surface area contributed by atoms with Crippen LogP contribution in [0.3, 0.4) is 0 Å². The second-order valence-electron chi connectivity index (χ2n) is 5.96. The van der Waals surface area contributed by atoms with Gasteiger partial charge in [0.1, 0.15) is 5.52 Å². The molecule has 6 nitrogen and oxygen atoms in total. The molecule has 122 valence electrons. The summed E-state index contributed by atoms with van der Waals surface area (Å²) >= 11 is 0. The summed E-state index contributed by atoms with van der Waals surface area (Å²) in [6.07, 6.45) is 5.19. The molecule has 2 aromatic heterocycles. The van der Waals surface area contributed by atoms with Crippen LogP contribution in [0.25, 0.3) is 11.1 Å². The van der Waals surface area contributed by atoms with Crippen molar-refractivity contribution < 1.29 is 9.21 Å². The van der Waals surface area contributed by atoms with E-state index in [0.29, 0.717) is 18.1 Å². The standard InChI is InChI=1S/C18H18N4O2/c23-17(13-7-9-19-10-8-13)20-14-4-3-11-22(12-14)18-21-15-5-1-2-6-16(15)24-18/h1-2,5-10,14H,3-4,11-12H2,(H,20,23). The van der Waals surface area contributed by atoms with Crippen LogP contribution in [0.5, 0.6) is 0 Å². The van der Waals surface area contributed by atoms with Crippen molar-refractivity contribution in [3.05, 3.63) is 54.4 Å². The van der Waals surface area contributed by atoms with Gasteiger partial charge >= 0.3 is 0 Å². The number of amides is 1. The summed E-state index contributed by atoms with van der Waals surface area (Å²) in [5.41, 5.74) is 2.27. The molecule has 4 rings (SSSR count). The van der Waals surface area contributed by atoms with Gasteiger partial charge in [0.25, 0.3) is 11.9 Å². The zero-order valence-corrected chi connectivity index (χ0v) is 13.2. The highest BCUT2D eigenvalue weighted by Crippen LogP contribution is 2.24. The van der Waals surface area contributed by atoms with E-state index in [4.69, 9.17) is 4.42 Å². The Morgan fingerprint density at radius 3 is 2.88 bits per heavy atom. The van der Waals surface area contributed by atoms with Gasteiger partial charge in [-0.2, -0.15) is 4.98 Å². The van der Waals surface area contributed by atoms with Gasteiger partial charge in [-0.05, 0) is 37.1 Å². The van der Waals surface area contributed by atoms with Gasteiger partial charge in [0.15, 0.2) is 5.58 Å². The average molecular weight is 322 g/mol. The summed E-state index contributed by atoms with van der Waals surface area (Å²) in [6.45, 7) is 1.58. The first kappa shape index (κ1) is 14.7. The van der Waals surface area contributed by atoms with E-state index < -0.39 is 0 Å². The SMILES string of the molecule is O=C(NC1CCCN(c2nc3ccccc3o2)C1)c1ccncc1. The van der Waals surface area contributed by atoms with E-state index in [0.717, 1.165) is 30.5 Å². The van der Waals surface area contributed by atoms with E-state index in [-0.39, 0.29) is 11.9 Å². The first-order valence-corrected chi connectivity index (χ1v) is 8.11. The minimum absolute atomic E-state index is 0.0678. The van der Waals surface area contributed by atoms with Crippen molar-refractivity contribution in [1.82, 2.24) is 15.3 Å². The third-order valence-corrected chi connectivity index (χ3v) is 4.25. The van der Waals surface area contributed by atoms with Crippen molar-refractivity contribution in [3.8, 4) is 0 Å². The number of fused-ring (bicyclic) bond motifs is 1. The number of rotatable bonds is 3. The third-order valence-electron chi connectivity index (χ3n) is 4.25. The van der Waals surface area contributed by atoms with Crippen LogP contribution in [0.2, 0.25) is 0 Å². The molecule has 3 aromatic rings. The zero-order valence-electron chi connectivity index (χ0n) is 13.2. The number of hydrogen-bond acceptors (Lipinski definition) is 5. The van der Waals surface area contributed by atoms with E-state index in [1.807, 2.05) is 24.3 Å². The Kier molecular flexibility index (Phi) is 3.86. The molecular weight excluding hydrogens is 304 g/mol. The van der Waals surface area contributed by atoms with E-state index in [9.17, 15) is 4.79 Å². The van der Waals surface area contributed by atoms with E-state index in [1.54, 1.807) is 24.5 Å². The normalized spacial score (nSPS) is 17.8. The number of nitrogens with zero attached hydrogens (tertiary/aromatic N) is 3. The van der Waals surface area contributed by atoms with Gasteiger partial charge < -0.3 is 14.6 Å². The van der Waals surface area contributed by atoms with E-state index in [2.05, 4.69) is 20.2 Å². The Bertz CT molecular complexity index is 813. The van der Waals surface area contributed by atoms with Crippen molar-refractivity contribution in [2.24, 2.45) is 0 Å². The van der Waals surface area contributed by atoms with Gasteiger partial charge in [-0.25, -0.2) is 0 Å². The lowest BCUT2D eigenvalue weighted by Gasteiger charge is -2.32. The molecule has 6 heteroatoms. The van der Waals surface area contributed by atoms with Gasteiger partial charge in [-0.15, -0.1) is 0 Å². The molecule has 1 aromatic carbocycles. The van der Waals surface area contributed by atoms with Crippen LogP contribution in [-0.2, 0) is 0 Å². The molecule has 3 heterocycles. The second kappa shape index (κ2) is 6.31. The Morgan fingerprint density at radius 2 is 2.04 bits per heavy atom. The maximum Gasteiger partial charge on any atom is 0.298 e. The smallest absolute Gasteiger partial charge is 0.298 e. The summed E-state index contributed by atoms with van der Waals surface area (Å²) in [4.78, 5) is 22.9. The number of carbonyl (C=O) groups excluding carboxylic acids is 1. The number of benzene rings is 1. The fourth-order valence-electron chi connectivity index (χ4n) is 3.04. The fraction of sp³-hybridized carbons (Fsp3) is 0.278. The van der Waals surface area contributed by atoms with Crippen molar-refractivity contribution in [3.63, 3.8) is 0 Å². The monoisotopic (exact) mass is 322 g/mol. The molecule has 1 N–H and O–H groups in total. The predicted molar refractivity (Wildman–Crippen MR) is 90.9 cm³/mol. The maximum absolute atomic E-state index is 12.3. The highest BCUT2D eigenvalue weighted by atomic mass is 16.4. The molecule has 0 saturated carbocycles. The summed E-state index contributed by atoms with van der Waals surface area (Å²) < 4.78 is 5.84. The van der Waals surface area contributed by atoms with Crippen molar-refractivity contribution in [2.75, 3.05) is 18.0 Å². The highest BCUT2D eigenvalue weighted by Gasteiger charge is 2.24. The molecule has 0 radical (unpaired) electrons. The highest BCUT2D eigenvalue weighted by molar-refractivity contribution is 5.94. The number of nitrogens with one attached hydrogen (secondary N) is 1. The molecule has 1 fully saturated rings. The largest absolute Gasteiger partial charge is 0.423 e. The van der Waals surface area contributed by atoms with Crippen molar-refractivity contribution >= 4 is 23.0 Å². The number of aromatic nitrogens is 2. The Morgan fingerprint density at radius 1 is 1.21 bits per heavy atom. The average Bonchev–Trinajstić information content (AvgIpc) is 3.07. The van der Waals surface area contributed by atoms with Crippen LogP contribution < -0.4 is 10.2 Å². The molecule has 1 aliphatic heterocycles. The van der Waals surface area contributed by atoms with Crippen LogP contribution >= 0.6 is 0 Å². The van der Waals surface area contributed by atoms with Gasteiger partial charge in [0.2, 0.25) is 0 Å². The summed E-state index contributed by atoms with van der Waals surface area (Å²) in [5.74, 6) is -0.0678. The van der Waals surface area contributed by atoms with E-state index in [1.165, 1.54) is 0 Å². The van der Waals surface area contributed by atoms with Crippen LogP contribution in [0, 0.1) is 0 Å². The Labute approximate surface area is 139 Å². The molecule has 0 aliphatic carbocycles. The maximum atomic E-state index is 12.3. The molecule has 1 saturated heterocycles. The molecule has 1 amide bonds. The van der Waals surface area contributed by atoms with Crippen LogP contribution in [0.4, 0.5) is 6.01 Å². The molecule has 0 spiro atoms. The van der Waals surface area contributed by atoms with Crippen LogP contribution in [0.15, 0.2) is 53.2 Å². The van der Waals surface area contributed by atoms with Crippen molar-refractivity contribution in [1.29, 1.82) is 0 Å². The summed E-state index contributed by atoms with van der Waals surface area (Å²) in [5, 5.41) is 3.09. The molecule has 0 bridgehead atoms. The number of oxazole rings is 1. The van der Waals surface area contributed by atoms with Gasteiger partial charge in [0, 0.05) is 37.1 Å².